The minimum absolute atomic E-state index is 0.00634. The topological polar surface area (TPSA) is 55.5 Å². The molecule has 0 saturated carbocycles. The summed E-state index contributed by atoms with van der Waals surface area (Å²) in [5.41, 5.74) is 0.00634. The van der Waals surface area contributed by atoms with Gasteiger partial charge in [0.15, 0.2) is 0 Å². The van der Waals surface area contributed by atoms with Gasteiger partial charge in [-0.3, -0.25) is 0 Å². The molecule has 0 aliphatic heterocycles. The van der Waals surface area contributed by atoms with Crippen molar-refractivity contribution in [2.45, 2.75) is 6.42 Å². The van der Waals surface area contributed by atoms with Gasteiger partial charge in [0.2, 0.25) is 0 Å². The van der Waals surface area contributed by atoms with Gasteiger partial charge in [0.1, 0.15) is 17.4 Å². The molecule has 1 aromatic carbocycles. The lowest BCUT2D eigenvalue weighted by Crippen LogP contribution is -2.05. The van der Waals surface area contributed by atoms with Crippen molar-refractivity contribution in [3.05, 3.63) is 29.3 Å². The van der Waals surface area contributed by atoms with E-state index in [1.54, 1.807) is 0 Å². The van der Waals surface area contributed by atoms with E-state index in [2.05, 4.69) is 4.84 Å². The molecule has 0 heterocycles. The van der Waals surface area contributed by atoms with Crippen molar-refractivity contribution in [2.75, 3.05) is 6.61 Å². The van der Waals surface area contributed by atoms with Gasteiger partial charge in [-0.1, -0.05) is 0 Å². The zero-order valence-electron chi connectivity index (χ0n) is 6.76. The average molecular weight is 189 g/mol. The molecule has 5 heteroatoms. The highest BCUT2D eigenvalue weighted by atomic mass is 19.1. The van der Waals surface area contributed by atoms with Crippen LogP contribution in [0.25, 0.3) is 0 Å². The van der Waals surface area contributed by atoms with Crippen molar-refractivity contribution in [1.29, 1.82) is 0 Å². The molecule has 3 N–H and O–H groups in total. The second-order valence-electron chi connectivity index (χ2n) is 2.51. The first kappa shape index (κ1) is 9.88. The maximum atomic E-state index is 12.9. The van der Waals surface area contributed by atoms with Crippen LogP contribution in [0.3, 0.4) is 0 Å². The van der Waals surface area contributed by atoms with Gasteiger partial charge in [-0.15, -0.1) is 0 Å². The number of phenols is 1. The van der Waals surface area contributed by atoms with Crippen molar-refractivity contribution in [2.24, 2.45) is 5.90 Å². The van der Waals surface area contributed by atoms with E-state index in [4.69, 9.17) is 11.0 Å². The molecular formula is C8H9F2NO2. The Morgan fingerprint density at radius 3 is 2.62 bits per heavy atom. The number of hydrogen-bond acceptors (Lipinski definition) is 3. The van der Waals surface area contributed by atoms with Crippen LogP contribution in [0.1, 0.15) is 5.56 Å². The predicted molar refractivity (Wildman–Crippen MR) is 41.9 cm³/mol. The lowest BCUT2D eigenvalue weighted by molar-refractivity contribution is 0.140. The summed E-state index contributed by atoms with van der Waals surface area (Å²) in [5, 5.41) is 9.12. The number of rotatable bonds is 3. The van der Waals surface area contributed by atoms with Crippen molar-refractivity contribution < 1.29 is 18.7 Å². The van der Waals surface area contributed by atoms with Crippen LogP contribution in [0.5, 0.6) is 5.75 Å². The Labute approximate surface area is 73.7 Å². The first-order valence-corrected chi connectivity index (χ1v) is 3.63. The molecule has 0 atom stereocenters. The molecule has 0 aliphatic carbocycles. The van der Waals surface area contributed by atoms with Crippen molar-refractivity contribution in [3.8, 4) is 5.75 Å². The Hall–Kier alpha value is -1.20. The van der Waals surface area contributed by atoms with E-state index in [1.165, 1.54) is 0 Å². The molecule has 1 aromatic rings. The highest BCUT2D eigenvalue weighted by Gasteiger charge is 2.09. The van der Waals surface area contributed by atoms with E-state index >= 15 is 0 Å². The fraction of sp³-hybridized carbons (Fsp3) is 0.250. The highest BCUT2D eigenvalue weighted by Crippen LogP contribution is 2.22. The maximum Gasteiger partial charge on any atom is 0.133 e. The molecule has 72 valence electrons. The summed E-state index contributed by atoms with van der Waals surface area (Å²) in [6.45, 7) is 0.0656. The molecule has 13 heavy (non-hydrogen) atoms. The lowest BCUT2D eigenvalue weighted by Gasteiger charge is -2.04. The van der Waals surface area contributed by atoms with E-state index in [1.807, 2.05) is 0 Å². The van der Waals surface area contributed by atoms with Crippen LogP contribution >= 0.6 is 0 Å². The average Bonchev–Trinajstić information content (AvgIpc) is 2.02. The number of hydrogen-bond donors (Lipinski definition) is 2. The van der Waals surface area contributed by atoms with Crippen molar-refractivity contribution >= 4 is 0 Å². The largest absolute Gasteiger partial charge is 0.507 e. The van der Waals surface area contributed by atoms with Gasteiger partial charge in [-0.25, -0.2) is 14.7 Å². The minimum Gasteiger partial charge on any atom is -0.507 e. The molecule has 0 amide bonds. The number of phenolic OH excluding ortho intramolecular Hbond substituents is 1. The third-order valence-corrected chi connectivity index (χ3v) is 1.61. The Morgan fingerprint density at radius 1 is 1.38 bits per heavy atom. The maximum absolute atomic E-state index is 12.9. The van der Waals surface area contributed by atoms with Gasteiger partial charge in [-0.05, 0) is 0 Å². The van der Waals surface area contributed by atoms with Crippen LogP contribution in [-0.4, -0.2) is 11.7 Å². The predicted octanol–water partition coefficient (Wildman–Crippen LogP) is 1.10. The molecule has 0 unspecified atom stereocenters. The minimum atomic E-state index is -0.813. The molecule has 0 radical (unpaired) electrons. The zero-order valence-corrected chi connectivity index (χ0v) is 6.76. The molecule has 0 spiro atoms. The van der Waals surface area contributed by atoms with Crippen LogP contribution in [-0.2, 0) is 11.3 Å². The number of aromatic hydroxyl groups is 1. The smallest absolute Gasteiger partial charge is 0.133 e. The van der Waals surface area contributed by atoms with E-state index in [9.17, 15) is 8.78 Å². The van der Waals surface area contributed by atoms with Crippen LogP contribution in [0, 0.1) is 11.6 Å². The third kappa shape index (κ3) is 2.37. The summed E-state index contributed by atoms with van der Waals surface area (Å²) >= 11 is 0. The number of halogens is 2. The fourth-order valence-electron chi connectivity index (χ4n) is 0.998. The third-order valence-electron chi connectivity index (χ3n) is 1.61. The Morgan fingerprint density at radius 2 is 2.08 bits per heavy atom. The summed E-state index contributed by atoms with van der Waals surface area (Å²) < 4.78 is 25.4. The fourth-order valence-corrected chi connectivity index (χ4v) is 0.998. The Balaban J connectivity index is 2.92. The Kier molecular flexibility index (Phi) is 3.16. The van der Waals surface area contributed by atoms with Crippen LogP contribution in [0.2, 0.25) is 0 Å². The van der Waals surface area contributed by atoms with Gasteiger partial charge in [0.05, 0.1) is 6.61 Å². The SMILES string of the molecule is NOCCc1c(O)cc(F)cc1F. The van der Waals surface area contributed by atoms with Crippen LogP contribution < -0.4 is 5.90 Å². The monoisotopic (exact) mass is 189 g/mol. The molecule has 0 fully saturated rings. The summed E-state index contributed by atoms with van der Waals surface area (Å²) in [4.78, 5) is 4.21. The first-order valence-electron chi connectivity index (χ1n) is 3.63. The first-order chi connectivity index (χ1) is 6.15. The quantitative estimate of drug-likeness (QED) is 0.700. The Bertz CT molecular complexity index is 281. The molecule has 0 aliphatic rings. The van der Waals surface area contributed by atoms with Crippen molar-refractivity contribution in [1.82, 2.24) is 0 Å². The van der Waals surface area contributed by atoms with Gasteiger partial charge in [-0.2, -0.15) is 0 Å². The van der Waals surface area contributed by atoms with Gasteiger partial charge >= 0.3 is 0 Å². The summed E-state index contributed by atoms with van der Waals surface area (Å²) in [6.07, 6.45) is 0.106. The summed E-state index contributed by atoms with van der Waals surface area (Å²) in [6, 6.07) is 1.54. The zero-order chi connectivity index (χ0) is 9.84. The molecule has 3 nitrogen and oxygen atoms in total. The van der Waals surface area contributed by atoms with Crippen LogP contribution in [0.15, 0.2) is 12.1 Å². The lowest BCUT2D eigenvalue weighted by atomic mass is 10.1. The molecule has 0 saturated heterocycles. The molecule has 0 aromatic heterocycles. The molecule has 1 rings (SSSR count). The second kappa shape index (κ2) is 4.15. The standard InChI is InChI=1S/C8H9F2NO2/c9-5-3-7(10)6(1-2-13-11)8(12)4-5/h3-4,12H,1-2,11H2. The van der Waals surface area contributed by atoms with Crippen LogP contribution in [0.4, 0.5) is 8.78 Å². The highest BCUT2D eigenvalue weighted by molar-refractivity contribution is 5.34. The number of benzene rings is 1. The van der Waals surface area contributed by atoms with Gasteiger partial charge in [0, 0.05) is 24.1 Å². The molecule has 0 bridgehead atoms. The van der Waals surface area contributed by atoms with E-state index < -0.39 is 17.4 Å². The van der Waals surface area contributed by atoms with Gasteiger partial charge < -0.3 is 9.94 Å². The van der Waals surface area contributed by atoms with Gasteiger partial charge in [0.25, 0.3) is 0 Å². The van der Waals surface area contributed by atoms with Crippen molar-refractivity contribution in [3.63, 3.8) is 0 Å². The number of nitrogens with two attached hydrogens (primary N) is 1. The van der Waals surface area contributed by atoms with E-state index in [0.29, 0.717) is 6.07 Å². The second-order valence-corrected chi connectivity index (χ2v) is 2.51. The van der Waals surface area contributed by atoms with E-state index in [0.717, 1.165) is 6.07 Å². The van der Waals surface area contributed by atoms with E-state index in [-0.39, 0.29) is 18.6 Å². The summed E-state index contributed by atoms with van der Waals surface area (Å²) in [5.74, 6) is 2.70. The normalized spacial score (nSPS) is 10.4. The summed E-state index contributed by atoms with van der Waals surface area (Å²) in [7, 11) is 0. The molecular weight excluding hydrogens is 180 g/mol.